The molecular weight excluding hydrogens is 554 g/mol. The molecule has 8 nitrogen and oxygen atoms in total. The van der Waals surface area contributed by atoms with Crippen molar-refractivity contribution in [1.82, 2.24) is 10.2 Å². The summed E-state index contributed by atoms with van der Waals surface area (Å²) in [4.78, 5) is 43.3. The highest BCUT2D eigenvalue weighted by atomic mass is 16.6. The Bertz CT molecular complexity index is 1330. The Kier molecular flexibility index (Phi) is 12.8. The number of nitrogens with one attached hydrogen (secondary N) is 2. The molecule has 3 aromatic rings. The predicted octanol–water partition coefficient (Wildman–Crippen LogP) is 7.23. The molecule has 8 heteroatoms. The average molecular weight is 602 g/mol. The Morgan fingerprint density at radius 3 is 2.11 bits per heavy atom. The predicted molar refractivity (Wildman–Crippen MR) is 175 cm³/mol. The van der Waals surface area contributed by atoms with Crippen molar-refractivity contribution < 1.29 is 23.9 Å². The zero-order chi connectivity index (χ0) is 32.1. The Balaban J connectivity index is 2.04. The van der Waals surface area contributed by atoms with E-state index in [-0.39, 0.29) is 18.2 Å². The van der Waals surface area contributed by atoms with Crippen molar-refractivity contribution in [3.8, 4) is 5.75 Å². The molecule has 0 radical (unpaired) electrons. The van der Waals surface area contributed by atoms with Crippen LogP contribution in [-0.2, 0) is 20.7 Å². The van der Waals surface area contributed by atoms with Gasteiger partial charge in [0.15, 0.2) is 0 Å². The zero-order valence-corrected chi connectivity index (χ0v) is 26.9. The van der Waals surface area contributed by atoms with Crippen LogP contribution in [0.1, 0.15) is 76.1 Å². The van der Waals surface area contributed by atoms with Gasteiger partial charge in [-0.3, -0.25) is 9.59 Å². The molecule has 3 rings (SSSR count). The number of methoxy groups -OCH3 is 1. The third-order valence-electron chi connectivity index (χ3n) is 7.12. The van der Waals surface area contributed by atoms with E-state index in [1.165, 1.54) is 0 Å². The van der Waals surface area contributed by atoms with Crippen LogP contribution in [-0.4, -0.2) is 48.1 Å². The molecule has 236 valence electrons. The smallest absolute Gasteiger partial charge is 0.408 e. The molecule has 0 fully saturated rings. The monoisotopic (exact) mass is 601 g/mol. The first-order valence-corrected chi connectivity index (χ1v) is 15.4. The Labute approximate surface area is 262 Å². The van der Waals surface area contributed by atoms with E-state index in [4.69, 9.17) is 9.47 Å². The van der Waals surface area contributed by atoms with E-state index in [9.17, 15) is 14.4 Å². The minimum absolute atomic E-state index is 0.241. The van der Waals surface area contributed by atoms with Crippen LogP contribution >= 0.6 is 0 Å². The lowest BCUT2D eigenvalue weighted by molar-refractivity contribution is -0.140. The topological polar surface area (TPSA) is 97.0 Å². The first kappa shape index (κ1) is 34.2. The van der Waals surface area contributed by atoms with E-state index < -0.39 is 23.8 Å². The third-order valence-corrected chi connectivity index (χ3v) is 7.12. The average Bonchev–Trinajstić information content (AvgIpc) is 2.98. The standard InChI is InChI=1S/C36H47N3O5/c1-7-8-9-13-24-39(34(41)31(25-27-14-11-10-12-15-27)38-35(42)44-36(3,4)5)32(28-18-16-26(2)17-19-28)33(40)37-29-20-22-30(43-6)23-21-29/h10-12,14-23,31-32H,7-9,13,24-25H2,1-6H3,(H,37,40)(H,38,42). The van der Waals surface area contributed by atoms with Crippen LogP contribution in [0.2, 0.25) is 0 Å². The molecule has 44 heavy (non-hydrogen) atoms. The number of anilines is 1. The van der Waals surface area contributed by atoms with Gasteiger partial charge < -0.3 is 25.0 Å². The molecule has 0 saturated heterocycles. The van der Waals surface area contributed by atoms with E-state index in [0.29, 0.717) is 30.0 Å². The third kappa shape index (κ3) is 10.7. The number of nitrogens with zero attached hydrogens (tertiary/aromatic N) is 1. The first-order valence-electron chi connectivity index (χ1n) is 15.4. The molecule has 0 aliphatic carbocycles. The van der Waals surface area contributed by atoms with Gasteiger partial charge in [0.2, 0.25) is 5.91 Å². The largest absolute Gasteiger partial charge is 0.497 e. The zero-order valence-electron chi connectivity index (χ0n) is 26.9. The number of benzene rings is 3. The summed E-state index contributed by atoms with van der Waals surface area (Å²) in [5.41, 5.74) is 2.44. The summed E-state index contributed by atoms with van der Waals surface area (Å²) in [6, 6.07) is 22.3. The van der Waals surface area contributed by atoms with Gasteiger partial charge in [-0.1, -0.05) is 86.3 Å². The maximum Gasteiger partial charge on any atom is 0.408 e. The number of amides is 3. The highest BCUT2D eigenvalue weighted by Gasteiger charge is 2.36. The quantitative estimate of drug-likeness (QED) is 0.190. The van der Waals surface area contributed by atoms with Gasteiger partial charge in [0.1, 0.15) is 23.4 Å². The van der Waals surface area contributed by atoms with Gasteiger partial charge in [0.25, 0.3) is 5.91 Å². The normalized spacial score (nSPS) is 12.5. The minimum Gasteiger partial charge on any atom is -0.497 e. The summed E-state index contributed by atoms with van der Waals surface area (Å²) in [6.45, 7) is 9.77. The van der Waals surface area contributed by atoms with Crippen molar-refractivity contribution in [2.24, 2.45) is 0 Å². The summed E-state index contributed by atoms with van der Waals surface area (Å²) in [6.07, 6.45) is 3.22. The Morgan fingerprint density at radius 2 is 1.52 bits per heavy atom. The summed E-state index contributed by atoms with van der Waals surface area (Å²) in [5, 5.41) is 5.83. The maximum absolute atomic E-state index is 14.6. The fourth-order valence-electron chi connectivity index (χ4n) is 4.88. The van der Waals surface area contributed by atoms with Crippen molar-refractivity contribution in [3.05, 3.63) is 95.6 Å². The number of rotatable bonds is 14. The molecular formula is C36H47N3O5. The van der Waals surface area contributed by atoms with Crippen LogP contribution in [0.5, 0.6) is 5.75 Å². The van der Waals surface area contributed by atoms with Gasteiger partial charge in [-0.05, 0) is 69.5 Å². The number of unbranched alkanes of at least 4 members (excludes halogenated alkanes) is 3. The maximum atomic E-state index is 14.6. The molecule has 0 saturated carbocycles. The molecule has 0 bridgehead atoms. The summed E-state index contributed by atoms with van der Waals surface area (Å²) >= 11 is 0. The van der Waals surface area contributed by atoms with E-state index in [0.717, 1.165) is 30.4 Å². The van der Waals surface area contributed by atoms with Gasteiger partial charge in [-0.2, -0.15) is 0 Å². The summed E-state index contributed by atoms with van der Waals surface area (Å²) in [5.74, 6) is -0.0342. The molecule has 0 aliphatic heterocycles. The fraction of sp³-hybridized carbons (Fsp3) is 0.417. The number of carbonyl (C=O) groups excluding carboxylic acids is 3. The molecule has 3 aromatic carbocycles. The second-order valence-electron chi connectivity index (χ2n) is 12.0. The van der Waals surface area contributed by atoms with Crippen LogP contribution < -0.4 is 15.4 Å². The molecule has 2 atom stereocenters. The van der Waals surface area contributed by atoms with Gasteiger partial charge in [0.05, 0.1) is 7.11 Å². The molecule has 3 amide bonds. The van der Waals surface area contributed by atoms with E-state index in [1.54, 1.807) is 57.0 Å². The summed E-state index contributed by atoms with van der Waals surface area (Å²) in [7, 11) is 1.58. The highest BCUT2D eigenvalue weighted by molar-refractivity contribution is 5.99. The number of hydrogen-bond donors (Lipinski definition) is 2. The van der Waals surface area contributed by atoms with Crippen LogP contribution in [0.4, 0.5) is 10.5 Å². The Hall–Kier alpha value is -4.33. The van der Waals surface area contributed by atoms with E-state index in [2.05, 4.69) is 17.6 Å². The molecule has 0 aromatic heterocycles. The van der Waals surface area contributed by atoms with E-state index in [1.807, 2.05) is 61.5 Å². The number of hydrogen-bond acceptors (Lipinski definition) is 5. The number of carbonyl (C=O) groups is 3. The molecule has 2 N–H and O–H groups in total. The van der Waals surface area contributed by atoms with Crippen molar-refractivity contribution in [2.75, 3.05) is 19.0 Å². The van der Waals surface area contributed by atoms with Gasteiger partial charge in [0, 0.05) is 18.7 Å². The lowest BCUT2D eigenvalue weighted by Gasteiger charge is -2.35. The Morgan fingerprint density at radius 1 is 0.864 bits per heavy atom. The second kappa shape index (κ2) is 16.5. The minimum atomic E-state index is -0.958. The SMILES string of the molecule is CCCCCCN(C(=O)C(Cc1ccccc1)NC(=O)OC(C)(C)C)C(C(=O)Nc1ccc(OC)cc1)c1ccc(C)cc1. The lowest BCUT2D eigenvalue weighted by atomic mass is 9.99. The van der Waals surface area contributed by atoms with Crippen LogP contribution in [0, 0.1) is 6.92 Å². The highest BCUT2D eigenvalue weighted by Crippen LogP contribution is 2.27. The number of aryl methyl sites for hydroxylation is 1. The van der Waals surface area contributed by atoms with Crippen molar-refractivity contribution in [3.63, 3.8) is 0 Å². The van der Waals surface area contributed by atoms with Crippen molar-refractivity contribution in [2.45, 2.75) is 84.4 Å². The van der Waals surface area contributed by atoms with Crippen LogP contribution in [0.25, 0.3) is 0 Å². The molecule has 0 aliphatic rings. The van der Waals surface area contributed by atoms with Crippen LogP contribution in [0.3, 0.4) is 0 Å². The molecule has 0 spiro atoms. The molecule has 2 unspecified atom stereocenters. The van der Waals surface area contributed by atoms with Gasteiger partial charge in [-0.25, -0.2) is 4.79 Å². The molecule has 0 heterocycles. The first-order chi connectivity index (χ1) is 21.0. The number of ether oxygens (including phenoxy) is 2. The second-order valence-corrected chi connectivity index (χ2v) is 12.0. The van der Waals surface area contributed by atoms with E-state index >= 15 is 0 Å². The van der Waals surface area contributed by atoms with Crippen LogP contribution in [0.15, 0.2) is 78.9 Å². The van der Waals surface area contributed by atoms with Gasteiger partial charge >= 0.3 is 6.09 Å². The van der Waals surface area contributed by atoms with Gasteiger partial charge in [-0.15, -0.1) is 0 Å². The fourth-order valence-corrected chi connectivity index (χ4v) is 4.88. The van der Waals surface area contributed by atoms with Crippen molar-refractivity contribution in [1.29, 1.82) is 0 Å². The number of alkyl carbamates (subject to hydrolysis) is 1. The summed E-state index contributed by atoms with van der Waals surface area (Å²) < 4.78 is 10.8. The lowest BCUT2D eigenvalue weighted by Crippen LogP contribution is -2.53. The van der Waals surface area contributed by atoms with Crippen molar-refractivity contribution >= 4 is 23.6 Å².